The maximum Gasteiger partial charge on any atom is 0.293 e. The first-order chi connectivity index (χ1) is 15.1. The number of fused-ring (bicyclic) bond motifs is 2. The summed E-state index contributed by atoms with van der Waals surface area (Å²) in [6, 6.07) is 24.0. The standard InChI is InChI=1S/C24H17N3O3S/c28-22(21-13-15-5-2-4-8-20(15)30-21)26-24(31)25-17-9-11-18(12-10-17)27-14-16-6-1-3-7-19(16)23(27)29/h1-13H,14H2,(H2,25,26,28,31). The lowest BCUT2D eigenvalue weighted by Gasteiger charge is -2.16. The van der Waals surface area contributed by atoms with Crippen LogP contribution in [0.5, 0.6) is 0 Å². The number of para-hydroxylation sites is 1. The van der Waals surface area contributed by atoms with Gasteiger partial charge in [-0.25, -0.2) is 0 Å². The summed E-state index contributed by atoms with van der Waals surface area (Å²) in [6.07, 6.45) is 0. The molecule has 6 nitrogen and oxygen atoms in total. The highest BCUT2D eigenvalue weighted by Crippen LogP contribution is 2.29. The highest BCUT2D eigenvalue weighted by molar-refractivity contribution is 7.80. The Kier molecular flexibility index (Phi) is 4.72. The minimum absolute atomic E-state index is 0.00933. The number of hydrogen-bond donors (Lipinski definition) is 2. The van der Waals surface area contributed by atoms with Crippen LogP contribution in [0.2, 0.25) is 0 Å². The third-order valence-corrected chi connectivity index (χ3v) is 5.34. The number of hydrogen-bond acceptors (Lipinski definition) is 4. The number of rotatable bonds is 3. The van der Waals surface area contributed by atoms with Crippen LogP contribution in [0.3, 0.4) is 0 Å². The van der Waals surface area contributed by atoms with Gasteiger partial charge in [0.15, 0.2) is 10.9 Å². The van der Waals surface area contributed by atoms with Gasteiger partial charge in [-0.1, -0.05) is 36.4 Å². The number of nitrogens with one attached hydrogen (secondary N) is 2. The molecule has 0 saturated carbocycles. The summed E-state index contributed by atoms with van der Waals surface area (Å²) in [4.78, 5) is 26.8. The van der Waals surface area contributed by atoms with Crippen molar-refractivity contribution in [1.29, 1.82) is 0 Å². The van der Waals surface area contributed by atoms with Gasteiger partial charge in [0.25, 0.3) is 11.8 Å². The largest absolute Gasteiger partial charge is 0.451 e. The van der Waals surface area contributed by atoms with Gasteiger partial charge >= 0.3 is 0 Å². The predicted octanol–water partition coefficient (Wildman–Crippen LogP) is 4.72. The van der Waals surface area contributed by atoms with Crippen molar-refractivity contribution in [3.63, 3.8) is 0 Å². The Balaban J connectivity index is 1.23. The smallest absolute Gasteiger partial charge is 0.293 e. The number of furan rings is 1. The van der Waals surface area contributed by atoms with Crippen LogP contribution >= 0.6 is 12.2 Å². The molecule has 1 aromatic heterocycles. The lowest BCUT2D eigenvalue weighted by molar-refractivity contribution is 0.0951. The molecular weight excluding hydrogens is 410 g/mol. The second kappa shape index (κ2) is 7.70. The summed E-state index contributed by atoms with van der Waals surface area (Å²) in [7, 11) is 0. The molecule has 0 atom stereocenters. The molecule has 7 heteroatoms. The molecule has 2 N–H and O–H groups in total. The van der Waals surface area contributed by atoms with Gasteiger partial charge in [-0.2, -0.15) is 0 Å². The molecule has 1 aliphatic heterocycles. The van der Waals surface area contributed by atoms with Crippen LogP contribution in [0.15, 0.2) is 83.3 Å². The zero-order valence-electron chi connectivity index (χ0n) is 16.3. The molecule has 3 aromatic carbocycles. The molecule has 0 fully saturated rings. The maximum absolute atomic E-state index is 12.6. The lowest BCUT2D eigenvalue weighted by atomic mass is 10.1. The second-order valence-corrected chi connectivity index (χ2v) is 7.56. The van der Waals surface area contributed by atoms with Crippen molar-refractivity contribution in [3.8, 4) is 0 Å². The van der Waals surface area contributed by atoms with Crippen molar-refractivity contribution in [1.82, 2.24) is 5.32 Å². The zero-order chi connectivity index (χ0) is 21.4. The lowest BCUT2D eigenvalue weighted by Crippen LogP contribution is -2.33. The van der Waals surface area contributed by atoms with Crippen LogP contribution in [-0.4, -0.2) is 16.9 Å². The highest BCUT2D eigenvalue weighted by atomic mass is 32.1. The maximum atomic E-state index is 12.6. The number of carbonyl (C=O) groups excluding carboxylic acids is 2. The molecule has 0 spiro atoms. The molecule has 0 radical (unpaired) electrons. The first-order valence-electron chi connectivity index (χ1n) is 9.69. The van der Waals surface area contributed by atoms with Crippen LogP contribution in [-0.2, 0) is 6.54 Å². The molecule has 0 bridgehead atoms. The first kappa shape index (κ1) is 19.0. The topological polar surface area (TPSA) is 74.6 Å². The van der Waals surface area contributed by atoms with Crippen molar-refractivity contribution in [2.75, 3.05) is 10.2 Å². The number of nitrogens with zero attached hydrogens (tertiary/aromatic N) is 1. The van der Waals surface area contributed by atoms with Crippen molar-refractivity contribution < 1.29 is 14.0 Å². The molecule has 31 heavy (non-hydrogen) atoms. The molecule has 0 saturated heterocycles. The fraction of sp³-hybridized carbons (Fsp3) is 0.0417. The van der Waals surface area contributed by atoms with E-state index in [0.29, 0.717) is 17.8 Å². The monoisotopic (exact) mass is 427 g/mol. The number of anilines is 2. The molecule has 2 amide bonds. The summed E-state index contributed by atoms with van der Waals surface area (Å²) >= 11 is 5.25. The molecule has 0 unspecified atom stereocenters. The molecule has 0 aliphatic carbocycles. The molecule has 2 heterocycles. The van der Waals surface area contributed by atoms with Gasteiger partial charge in [-0.05, 0) is 60.2 Å². The number of thiocarbonyl (C=S) groups is 1. The van der Waals surface area contributed by atoms with E-state index in [2.05, 4.69) is 10.6 Å². The Morgan fingerprint density at radius 2 is 1.71 bits per heavy atom. The Morgan fingerprint density at radius 1 is 0.968 bits per heavy atom. The van der Waals surface area contributed by atoms with Crippen molar-refractivity contribution in [3.05, 3.63) is 95.7 Å². The van der Waals surface area contributed by atoms with Gasteiger partial charge in [-0.15, -0.1) is 0 Å². The Bertz CT molecular complexity index is 1290. The van der Waals surface area contributed by atoms with E-state index >= 15 is 0 Å². The number of carbonyl (C=O) groups is 2. The van der Waals surface area contributed by atoms with E-state index in [1.54, 1.807) is 17.0 Å². The van der Waals surface area contributed by atoms with Crippen molar-refractivity contribution in [2.24, 2.45) is 0 Å². The minimum atomic E-state index is -0.425. The third kappa shape index (κ3) is 3.67. The minimum Gasteiger partial charge on any atom is -0.451 e. The third-order valence-electron chi connectivity index (χ3n) is 5.13. The average Bonchev–Trinajstić information content (AvgIpc) is 3.36. The van der Waals surface area contributed by atoms with E-state index in [4.69, 9.17) is 16.6 Å². The predicted molar refractivity (Wildman–Crippen MR) is 123 cm³/mol. The van der Waals surface area contributed by atoms with E-state index in [9.17, 15) is 9.59 Å². The summed E-state index contributed by atoms with van der Waals surface area (Å²) in [6.45, 7) is 0.549. The molecule has 1 aliphatic rings. The molecule has 4 aromatic rings. The van der Waals surface area contributed by atoms with Gasteiger partial charge in [-0.3, -0.25) is 14.9 Å². The Morgan fingerprint density at radius 3 is 2.48 bits per heavy atom. The van der Waals surface area contributed by atoms with Gasteiger partial charge in [0.2, 0.25) is 0 Å². The second-order valence-electron chi connectivity index (χ2n) is 7.15. The summed E-state index contributed by atoms with van der Waals surface area (Å²) in [5.74, 6) is -0.247. The fourth-order valence-corrected chi connectivity index (χ4v) is 3.82. The average molecular weight is 427 g/mol. The van der Waals surface area contributed by atoms with Crippen molar-refractivity contribution in [2.45, 2.75) is 6.54 Å². The van der Waals surface area contributed by atoms with Gasteiger partial charge < -0.3 is 14.6 Å². The van der Waals surface area contributed by atoms with Crippen LogP contribution < -0.4 is 15.5 Å². The van der Waals surface area contributed by atoms with E-state index in [1.807, 2.05) is 66.7 Å². The summed E-state index contributed by atoms with van der Waals surface area (Å²) in [5, 5.41) is 6.60. The molecule has 152 valence electrons. The van der Waals surface area contributed by atoms with E-state index in [0.717, 1.165) is 22.2 Å². The number of amides is 2. The summed E-state index contributed by atoms with van der Waals surface area (Å²) in [5.41, 5.74) is 3.89. The molecular formula is C24H17N3O3S. The quantitative estimate of drug-likeness (QED) is 0.463. The highest BCUT2D eigenvalue weighted by Gasteiger charge is 2.27. The van der Waals surface area contributed by atoms with Crippen LogP contribution in [0, 0.1) is 0 Å². The molecule has 5 rings (SSSR count). The van der Waals surface area contributed by atoms with Crippen LogP contribution in [0.1, 0.15) is 26.5 Å². The zero-order valence-corrected chi connectivity index (χ0v) is 17.1. The van der Waals surface area contributed by atoms with Gasteiger partial charge in [0, 0.05) is 22.3 Å². The van der Waals surface area contributed by atoms with E-state index in [1.165, 1.54) is 0 Å². The normalized spacial score (nSPS) is 12.6. The Labute approximate surface area is 183 Å². The first-order valence-corrected chi connectivity index (χ1v) is 10.1. The van der Waals surface area contributed by atoms with Crippen LogP contribution in [0.25, 0.3) is 11.0 Å². The van der Waals surface area contributed by atoms with Gasteiger partial charge in [0.05, 0.1) is 6.54 Å². The van der Waals surface area contributed by atoms with Gasteiger partial charge in [0.1, 0.15) is 5.58 Å². The number of benzene rings is 3. The van der Waals surface area contributed by atoms with E-state index < -0.39 is 5.91 Å². The van der Waals surface area contributed by atoms with Crippen molar-refractivity contribution >= 4 is 51.5 Å². The van der Waals surface area contributed by atoms with Crippen LogP contribution in [0.4, 0.5) is 11.4 Å². The fourth-order valence-electron chi connectivity index (χ4n) is 3.61. The SMILES string of the molecule is O=C(NC(=S)Nc1ccc(N2Cc3ccccc3C2=O)cc1)c1cc2ccccc2o1. The Hall–Kier alpha value is -3.97. The summed E-state index contributed by atoms with van der Waals surface area (Å²) < 4.78 is 5.55. The van der Waals surface area contributed by atoms with E-state index in [-0.39, 0.29) is 16.8 Å².